The molecule has 2 aromatic carbocycles. The van der Waals surface area contributed by atoms with Crippen molar-refractivity contribution >= 4 is 56.4 Å². The number of hydrogen-bond donors (Lipinski definition) is 2. The minimum Gasteiger partial charge on any atom is -0.376 e. The predicted molar refractivity (Wildman–Crippen MR) is 92.5 cm³/mol. The van der Waals surface area contributed by atoms with Gasteiger partial charge in [0.15, 0.2) is 0 Å². The van der Waals surface area contributed by atoms with Crippen LogP contribution in [0.3, 0.4) is 0 Å². The van der Waals surface area contributed by atoms with Crippen LogP contribution in [0.25, 0.3) is 0 Å². The molecule has 0 saturated carbocycles. The number of anilines is 2. The molecule has 3 nitrogen and oxygen atoms in total. The van der Waals surface area contributed by atoms with Gasteiger partial charge in [-0.3, -0.25) is 4.79 Å². The molecular formula is C15H13BrCl2N2O. The van der Waals surface area contributed by atoms with E-state index in [4.69, 9.17) is 23.2 Å². The van der Waals surface area contributed by atoms with E-state index in [-0.39, 0.29) is 12.5 Å². The number of hydrogen-bond acceptors (Lipinski definition) is 2. The first kappa shape index (κ1) is 16.1. The summed E-state index contributed by atoms with van der Waals surface area (Å²) in [5, 5.41) is 6.75. The maximum atomic E-state index is 11.9. The minimum absolute atomic E-state index is 0.143. The Morgan fingerprint density at radius 2 is 1.95 bits per heavy atom. The van der Waals surface area contributed by atoms with Crippen LogP contribution in [-0.4, -0.2) is 12.5 Å². The lowest BCUT2D eigenvalue weighted by Crippen LogP contribution is -2.21. The van der Waals surface area contributed by atoms with Gasteiger partial charge >= 0.3 is 0 Å². The minimum atomic E-state index is -0.195. The molecule has 2 rings (SSSR count). The second-order valence-corrected chi connectivity index (χ2v) is 6.19. The van der Waals surface area contributed by atoms with Crippen LogP contribution < -0.4 is 10.6 Å². The van der Waals surface area contributed by atoms with Gasteiger partial charge in [0.1, 0.15) is 0 Å². The Balaban J connectivity index is 1.95. The topological polar surface area (TPSA) is 41.1 Å². The van der Waals surface area contributed by atoms with Crippen molar-refractivity contribution in [1.82, 2.24) is 0 Å². The van der Waals surface area contributed by atoms with Gasteiger partial charge in [-0.1, -0.05) is 39.1 Å². The van der Waals surface area contributed by atoms with Crippen molar-refractivity contribution in [2.24, 2.45) is 0 Å². The first-order valence-corrected chi connectivity index (χ1v) is 7.75. The number of amides is 1. The summed E-state index contributed by atoms with van der Waals surface area (Å²) in [6.07, 6.45) is 0. The van der Waals surface area contributed by atoms with Crippen molar-refractivity contribution in [1.29, 1.82) is 0 Å². The summed E-state index contributed by atoms with van der Waals surface area (Å²) < 4.78 is 1.03. The fourth-order valence-electron chi connectivity index (χ4n) is 1.72. The lowest BCUT2D eigenvalue weighted by atomic mass is 10.2. The Kier molecular flexibility index (Phi) is 5.51. The smallest absolute Gasteiger partial charge is 0.243 e. The van der Waals surface area contributed by atoms with E-state index < -0.39 is 0 Å². The van der Waals surface area contributed by atoms with Gasteiger partial charge in [0.2, 0.25) is 5.91 Å². The Labute approximate surface area is 141 Å². The van der Waals surface area contributed by atoms with E-state index in [1.807, 2.05) is 25.1 Å². The zero-order valence-electron chi connectivity index (χ0n) is 11.2. The number of benzene rings is 2. The third kappa shape index (κ3) is 4.63. The van der Waals surface area contributed by atoms with E-state index in [2.05, 4.69) is 26.6 Å². The lowest BCUT2D eigenvalue weighted by molar-refractivity contribution is -0.114. The van der Waals surface area contributed by atoms with Gasteiger partial charge in [0.05, 0.1) is 17.3 Å². The van der Waals surface area contributed by atoms with Gasteiger partial charge < -0.3 is 10.6 Å². The van der Waals surface area contributed by atoms with Crippen LogP contribution in [0.5, 0.6) is 0 Å². The SMILES string of the molecule is Cc1cc(NCC(=O)Nc2cc(Cl)ccc2Cl)ccc1Br. The second kappa shape index (κ2) is 7.16. The first-order chi connectivity index (χ1) is 9.95. The summed E-state index contributed by atoms with van der Waals surface area (Å²) in [7, 11) is 0. The highest BCUT2D eigenvalue weighted by Crippen LogP contribution is 2.25. The molecule has 2 N–H and O–H groups in total. The Bertz CT molecular complexity index is 677. The van der Waals surface area contributed by atoms with Crippen molar-refractivity contribution in [3.05, 3.63) is 56.5 Å². The van der Waals surface area contributed by atoms with Crippen LogP contribution in [0.1, 0.15) is 5.56 Å². The lowest BCUT2D eigenvalue weighted by Gasteiger charge is -2.10. The van der Waals surface area contributed by atoms with Crippen LogP contribution in [0.4, 0.5) is 11.4 Å². The average Bonchev–Trinajstić information content (AvgIpc) is 2.44. The van der Waals surface area contributed by atoms with Gasteiger partial charge in [-0.2, -0.15) is 0 Å². The Morgan fingerprint density at radius 1 is 1.19 bits per heavy atom. The van der Waals surface area contributed by atoms with E-state index in [0.717, 1.165) is 15.7 Å². The summed E-state index contributed by atoms with van der Waals surface area (Å²) in [6, 6.07) is 10.7. The molecule has 0 aliphatic heterocycles. The molecule has 0 unspecified atom stereocenters. The van der Waals surface area contributed by atoms with E-state index in [1.54, 1.807) is 18.2 Å². The largest absolute Gasteiger partial charge is 0.376 e. The van der Waals surface area contributed by atoms with Crippen LogP contribution in [0.2, 0.25) is 10.0 Å². The summed E-state index contributed by atoms with van der Waals surface area (Å²) in [5.74, 6) is -0.195. The zero-order chi connectivity index (χ0) is 15.4. The Morgan fingerprint density at radius 3 is 2.67 bits per heavy atom. The van der Waals surface area contributed by atoms with Crippen molar-refractivity contribution < 1.29 is 4.79 Å². The molecule has 0 aromatic heterocycles. The van der Waals surface area contributed by atoms with Crippen molar-refractivity contribution in [2.75, 3.05) is 17.2 Å². The molecule has 0 radical (unpaired) electrons. The molecule has 0 spiro atoms. The summed E-state index contributed by atoms with van der Waals surface area (Å²) in [6.45, 7) is 2.13. The standard InChI is InChI=1S/C15H13BrCl2N2O/c1-9-6-11(3-4-12(9)16)19-8-15(21)20-14-7-10(17)2-5-13(14)18/h2-7,19H,8H2,1H3,(H,20,21). The van der Waals surface area contributed by atoms with Crippen molar-refractivity contribution in [3.63, 3.8) is 0 Å². The monoisotopic (exact) mass is 386 g/mol. The highest BCUT2D eigenvalue weighted by Gasteiger charge is 2.07. The molecule has 0 aliphatic rings. The molecular weight excluding hydrogens is 375 g/mol. The summed E-state index contributed by atoms with van der Waals surface area (Å²) in [5.41, 5.74) is 2.48. The van der Waals surface area contributed by atoms with Crippen LogP contribution >= 0.6 is 39.1 Å². The van der Waals surface area contributed by atoms with Crippen LogP contribution in [-0.2, 0) is 4.79 Å². The van der Waals surface area contributed by atoms with Crippen molar-refractivity contribution in [2.45, 2.75) is 6.92 Å². The summed E-state index contributed by atoms with van der Waals surface area (Å²) >= 11 is 15.3. The molecule has 0 bridgehead atoms. The normalized spacial score (nSPS) is 10.3. The number of carbonyl (C=O) groups excluding carboxylic acids is 1. The fraction of sp³-hybridized carbons (Fsp3) is 0.133. The zero-order valence-corrected chi connectivity index (χ0v) is 14.3. The third-order valence-corrected chi connectivity index (χ3v) is 4.27. The molecule has 2 aromatic rings. The highest BCUT2D eigenvalue weighted by atomic mass is 79.9. The molecule has 0 heterocycles. The van der Waals surface area contributed by atoms with Gasteiger partial charge in [-0.05, 0) is 48.9 Å². The average molecular weight is 388 g/mol. The molecule has 0 saturated heterocycles. The second-order valence-electron chi connectivity index (χ2n) is 4.49. The molecule has 110 valence electrons. The van der Waals surface area contributed by atoms with Gasteiger partial charge in [-0.25, -0.2) is 0 Å². The number of carbonyl (C=O) groups is 1. The van der Waals surface area contributed by atoms with Gasteiger partial charge in [0.25, 0.3) is 0 Å². The van der Waals surface area contributed by atoms with Gasteiger partial charge in [0, 0.05) is 15.2 Å². The molecule has 0 atom stereocenters. The number of aryl methyl sites for hydroxylation is 1. The predicted octanol–water partition coefficient (Wildman–Crippen LogP) is 5.11. The van der Waals surface area contributed by atoms with E-state index >= 15 is 0 Å². The molecule has 0 fully saturated rings. The van der Waals surface area contributed by atoms with Crippen LogP contribution in [0.15, 0.2) is 40.9 Å². The van der Waals surface area contributed by atoms with E-state index in [0.29, 0.717) is 15.7 Å². The maximum absolute atomic E-state index is 11.9. The number of halogens is 3. The maximum Gasteiger partial charge on any atom is 0.243 e. The molecule has 21 heavy (non-hydrogen) atoms. The van der Waals surface area contributed by atoms with Crippen LogP contribution in [0, 0.1) is 6.92 Å². The first-order valence-electron chi connectivity index (χ1n) is 6.20. The number of rotatable bonds is 4. The van der Waals surface area contributed by atoms with E-state index in [1.165, 1.54) is 0 Å². The third-order valence-electron chi connectivity index (χ3n) is 2.81. The van der Waals surface area contributed by atoms with E-state index in [9.17, 15) is 4.79 Å². The fourth-order valence-corrected chi connectivity index (χ4v) is 2.31. The quantitative estimate of drug-likeness (QED) is 0.764. The molecule has 0 aliphatic carbocycles. The molecule has 6 heteroatoms. The Hall–Kier alpha value is -1.23. The molecule has 1 amide bonds. The highest BCUT2D eigenvalue weighted by molar-refractivity contribution is 9.10. The number of nitrogens with one attached hydrogen (secondary N) is 2. The van der Waals surface area contributed by atoms with Gasteiger partial charge in [-0.15, -0.1) is 0 Å². The summed E-state index contributed by atoms with van der Waals surface area (Å²) in [4.78, 5) is 11.9. The van der Waals surface area contributed by atoms with Crippen molar-refractivity contribution in [3.8, 4) is 0 Å².